The zero-order valence-electron chi connectivity index (χ0n) is 15.5. The highest BCUT2D eigenvalue weighted by Gasteiger charge is 2.38. The van der Waals surface area contributed by atoms with Crippen LogP contribution < -0.4 is 4.90 Å². The van der Waals surface area contributed by atoms with Gasteiger partial charge in [0.2, 0.25) is 0 Å². The summed E-state index contributed by atoms with van der Waals surface area (Å²) in [5.41, 5.74) is 0.438. The van der Waals surface area contributed by atoms with Gasteiger partial charge in [-0.15, -0.1) is 0 Å². The predicted molar refractivity (Wildman–Crippen MR) is 95.0 cm³/mol. The fourth-order valence-corrected chi connectivity index (χ4v) is 3.94. The summed E-state index contributed by atoms with van der Waals surface area (Å²) >= 11 is 0. The van der Waals surface area contributed by atoms with E-state index in [2.05, 4.69) is 4.98 Å². The number of urea groups is 1. The number of anilines is 1. The number of ether oxygens (including phenoxy) is 1. The molecule has 150 valence electrons. The van der Waals surface area contributed by atoms with E-state index in [0.717, 1.165) is 12.1 Å². The van der Waals surface area contributed by atoms with Crippen molar-refractivity contribution in [1.29, 1.82) is 0 Å². The monoisotopic (exact) mass is 395 g/mol. The fraction of sp³-hybridized carbons (Fsp3) is 0.474. The lowest BCUT2D eigenvalue weighted by Crippen LogP contribution is -2.52. The third-order valence-corrected chi connectivity index (χ3v) is 5.05. The lowest BCUT2D eigenvalue weighted by molar-refractivity contribution is -0.137. The molecule has 2 amide bonds. The first kappa shape index (κ1) is 18.8. The van der Waals surface area contributed by atoms with Crippen LogP contribution in [0.3, 0.4) is 0 Å². The van der Waals surface area contributed by atoms with Crippen molar-refractivity contribution in [3.05, 3.63) is 35.9 Å². The van der Waals surface area contributed by atoms with Crippen molar-refractivity contribution in [2.75, 3.05) is 24.5 Å². The Labute approximate surface area is 159 Å². The summed E-state index contributed by atoms with van der Waals surface area (Å²) in [6.45, 7) is 4.87. The van der Waals surface area contributed by atoms with E-state index in [1.807, 2.05) is 13.8 Å². The minimum atomic E-state index is -4.54. The van der Waals surface area contributed by atoms with Crippen LogP contribution in [-0.4, -0.2) is 47.8 Å². The average Bonchev–Trinajstić information content (AvgIpc) is 3.28. The summed E-state index contributed by atoms with van der Waals surface area (Å²) in [5.74, 6) is 0.255. The van der Waals surface area contributed by atoms with Crippen LogP contribution in [0.4, 0.5) is 23.7 Å². The summed E-state index contributed by atoms with van der Waals surface area (Å²) < 4.78 is 51.4. The van der Waals surface area contributed by atoms with Gasteiger partial charge in [-0.2, -0.15) is 13.2 Å². The van der Waals surface area contributed by atoms with E-state index < -0.39 is 11.7 Å². The second kappa shape index (κ2) is 6.80. The molecule has 1 aromatic carbocycles. The first-order valence-electron chi connectivity index (χ1n) is 9.09. The molecule has 2 aliphatic rings. The molecule has 0 radical (unpaired) electrons. The summed E-state index contributed by atoms with van der Waals surface area (Å²) in [6, 6.07) is 1.81. The highest BCUT2D eigenvalue weighted by atomic mass is 19.4. The third kappa shape index (κ3) is 3.34. The maximum Gasteiger partial charge on any atom is 0.416 e. The van der Waals surface area contributed by atoms with Crippen molar-refractivity contribution in [1.82, 2.24) is 9.88 Å². The minimum absolute atomic E-state index is 0.124. The maximum atomic E-state index is 13.5. The number of fused-ring (bicyclic) bond motifs is 1. The van der Waals surface area contributed by atoms with Crippen molar-refractivity contribution >= 4 is 11.7 Å². The third-order valence-electron chi connectivity index (χ3n) is 5.05. The normalized spacial score (nSPS) is 22.5. The quantitative estimate of drug-likeness (QED) is 0.734. The number of carbonyl (C=O) groups is 1. The number of hydrogen-bond acceptors (Lipinski definition) is 4. The molecule has 2 aromatic rings. The van der Waals surface area contributed by atoms with Crippen molar-refractivity contribution in [2.45, 2.75) is 38.7 Å². The van der Waals surface area contributed by atoms with E-state index in [-0.39, 0.29) is 29.7 Å². The van der Waals surface area contributed by atoms with E-state index in [4.69, 9.17) is 9.15 Å². The Morgan fingerprint density at radius 3 is 2.54 bits per heavy atom. The Morgan fingerprint density at radius 1 is 1.21 bits per heavy atom. The van der Waals surface area contributed by atoms with Crippen molar-refractivity contribution in [3.8, 4) is 11.3 Å². The van der Waals surface area contributed by atoms with Gasteiger partial charge in [0.05, 0.1) is 29.7 Å². The van der Waals surface area contributed by atoms with Crippen LogP contribution in [-0.2, 0) is 17.3 Å². The number of aromatic nitrogens is 1. The summed E-state index contributed by atoms with van der Waals surface area (Å²) in [5, 5.41) is 0. The van der Waals surface area contributed by atoms with Crippen molar-refractivity contribution < 1.29 is 27.1 Å². The van der Waals surface area contributed by atoms with Gasteiger partial charge in [-0.3, -0.25) is 4.90 Å². The van der Waals surface area contributed by atoms with Gasteiger partial charge in [-0.1, -0.05) is 0 Å². The van der Waals surface area contributed by atoms with Gasteiger partial charge in [0, 0.05) is 25.2 Å². The van der Waals surface area contributed by atoms with E-state index in [1.165, 1.54) is 17.5 Å². The number of halogens is 3. The molecule has 0 bridgehead atoms. The number of oxazole rings is 1. The number of alkyl halides is 3. The molecule has 9 heteroatoms. The Morgan fingerprint density at radius 2 is 1.93 bits per heavy atom. The number of rotatable bonds is 1. The Hall–Kier alpha value is -2.55. The second-order valence-corrected chi connectivity index (χ2v) is 7.23. The molecule has 0 aliphatic carbocycles. The van der Waals surface area contributed by atoms with Gasteiger partial charge >= 0.3 is 12.2 Å². The number of hydrogen-bond donors (Lipinski definition) is 0. The first-order valence-corrected chi connectivity index (χ1v) is 9.09. The molecule has 1 aromatic heterocycles. The number of nitrogens with zero attached hydrogens (tertiary/aromatic N) is 3. The standard InChI is InChI=1S/C19H20F3N3O3/c1-11-8-24(9-12(2)28-11)18(26)25-4-3-14-15(17-7-23-10-27-17)5-13(6-16(14)25)19(20,21)22/h5-7,10-12H,3-4,8-9H2,1-2H3. The molecule has 0 saturated carbocycles. The summed E-state index contributed by atoms with van der Waals surface area (Å²) in [7, 11) is 0. The van der Waals surface area contributed by atoms with E-state index in [0.29, 0.717) is 37.2 Å². The summed E-state index contributed by atoms with van der Waals surface area (Å²) in [6.07, 6.45) is -1.78. The van der Waals surface area contributed by atoms with Crippen LogP contribution in [0, 0.1) is 0 Å². The largest absolute Gasteiger partial charge is 0.444 e. The zero-order valence-corrected chi connectivity index (χ0v) is 15.5. The van der Waals surface area contributed by atoms with E-state index in [1.54, 1.807) is 4.90 Å². The molecule has 2 unspecified atom stereocenters. The molecular formula is C19H20F3N3O3. The first-order chi connectivity index (χ1) is 13.2. The molecule has 6 nitrogen and oxygen atoms in total. The lowest BCUT2D eigenvalue weighted by atomic mass is 9.99. The van der Waals surface area contributed by atoms with Gasteiger partial charge < -0.3 is 14.1 Å². The van der Waals surface area contributed by atoms with Gasteiger partial charge in [0.25, 0.3) is 0 Å². The molecule has 4 rings (SSSR count). The Bertz CT molecular complexity index is 873. The SMILES string of the molecule is CC1CN(C(=O)N2CCc3c(-c4cnco4)cc(C(F)(F)F)cc32)CC(C)O1. The van der Waals surface area contributed by atoms with Crippen LogP contribution in [0.25, 0.3) is 11.3 Å². The van der Waals surface area contributed by atoms with Gasteiger partial charge in [0.1, 0.15) is 0 Å². The van der Waals surface area contributed by atoms with Crippen LogP contribution in [0.2, 0.25) is 0 Å². The van der Waals surface area contributed by atoms with Gasteiger partial charge in [-0.25, -0.2) is 9.78 Å². The highest BCUT2D eigenvalue weighted by molar-refractivity contribution is 5.96. The van der Waals surface area contributed by atoms with Crippen LogP contribution in [0.1, 0.15) is 25.0 Å². The van der Waals surface area contributed by atoms with E-state index in [9.17, 15) is 18.0 Å². The van der Waals surface area contributed by atoms with Crippen LogP contribution >= 0.6 is 0 Å². The minimum Gasteiger partial charge on any atom is -0.444 e. The number of amides is 2. The molecule has 1 saturated heterocycles. The second-order valence-electron chi connectivity index (χ2n) is 7.23. The summed E-state index contributed by atoms with van der Waals surface area (Å²) in [4.78, 5) is 20.0. The number of morpholine rings is 1. The molecule has 1 fully saturated rings. The molecule has 28 heavy (non-hydrogen) atoms. The lowest BCUT2D eigenvalue weighted by Gasteiger charge is -2.37. The Kier molecular flexibility index (Phi) is 4.57. The zero-order chi connectivity index (χ0) is 20.1. The predicted octanol–water partition coefficient (Wildman–Crippen LogP) is 3.95. The molecule has 2 aliphatic heterocycles. The van der Waals surface area contributed by atoms with Crippen molar-refractivity contribution in [3.63, 3.8) is 0 Å². The molecule has 3 heterocycles. The smallest absolute Gasteiger partial charge is 0.416 e. The maximum absolute atomic E-state index is 13.5. The molecular weight excluding hydrogens is 375 g/mol. The van der Waals surface area contributed by atoms with Crippen molar-refractivity contribution in [2.24, 2.45) is 0 Å². The molecule has 2 atom stereocenters. The topological polar surface area (TPSA) is 58.8 Å². The number of benzene rings is 1. The fourth-order valence-electron chi connectivity index (χ4n) is 3.94. The van der Waals surface area contributed by atoms with Gasteiger partial charge in [0.15, 0.2) is 12.2 Å². The van der Waals surface area contributed by atoms with Crippen LogP contribution in [0.15, 0.2) is 29.1 Å². The van der Waals surface area contributed by atoms with E-state index >= 15 is 0 Å². The average molecular weight is 395 g/mol. The Balaban J connectivity index is 1.74. The van der Waals surface area contributed by atoms with Gasteiger partial charge in [-0.05, 0) is 38.0 Å². The highest BCUT2D eigenvalue weighted by Crippen LogP contribution is 2.42. The van der Waals surface area contributed by atoms with Crippen LogP contribution in [0.5, 0.6) is 0 Å². The molecule has 0 spiro atoms. The number of carbonyl (C=O) groups excluding carboxylic acids is 1. The molecule has 0 N–H and O–H groups in total.